The van der Waals surface area contributed by atoms with Crippen molar-refractivity contribution in [2.24, 2.45) is 0 Å². The molecule has 0 aliphatic rings. The van der Waals surface area contributed by atoms with Crippen LogP contribution in [-0.4, -0.2) is 22.2 Å². The first-order chi connectivity index (χ1) is 10.9. The van der Waals surface area contributed by atoms with Gasteiger partial charge >= 0.3 is 6.61 Å². The Morgan fingerprint density at radius 1 is 1.39 bits per heavy atom. The molecule has 0 fully saturated rings. The second kappa shape index (κ2) is 5.82. The lowest BCUT2D eigenvalue weighted by Gasteiger charge is -2.06. The number of alkyl halides is 2. The van der Waals surface area contributed by atoms with Gasteiger partial charge in [0.05, 0.1) is 16.1 Å². The van der Waals surface area contributed by atoms with E-state index in [4.69, 9.17) is 11.6 Å². The molecule has 23 heavy (non-hydrogen) atoms. The van der Waals surface area contributed by atoms with E-state index in [1.807, 2.05) is 0 Å². The summed E-state index contributed by atoms with van der Waals surface area (Å²) in [7, 11) is 0. The number of hydrogen-bond donors (Lipinski definition) is 1. The molecule has 0 atom stereocenters. The molecule has 0 radical (unpaired) electrons. The monoisotopic (exact) mass is 357 g/mol. The number of hydrogen-bond acceptors (Lipinski definition) is 4. The molecule has 3 aromatic rings. The largest absolute Gasteiger partial charge is 0.506 e. The molecule has 120 valence electrons. The van der Waals surface area contributed by atoms with Crippen LogP contribution >= 0.6 is 22.9 Å². The Morgan fingerprint density at radius 2 is 2.13 bits per heavy atom. The molecule has 0 amide bonds. The summed E-state index contributed by atoms with van der Waals surface area (Å²) < 4.78 is 30.1. The smallest absolute Gasteiger partial charge is 0.388 e. The number of carbonyl (C=O) groups excluding carboxylic acids is 1. The summed E-state index contributed by atoms with van der Waals surface area (Å²) in [6.07, 6.45) is 0. The molecule has 0 saturated carbocycles. The number of phenols is 1. The number of aromatic hydroxyl groups is 1. The summed E-state index contributed by atoms with van der Waals surface area (Å²) >= 11 is 6.97. The number of carbonyl (C=O) groups is 1. The van der Waals surface area contributed by atoms with E-state index < -0.39 is 6.61 Å². The fourth-order valence-electron chi connectivity index (χ4n) is 2.34. The number of fused-ring (bicyclic) bond motifs is 1. The van der Waals surface area contributed by atoms with Crippen LogP contribution in [0, 0.1) is 6.92 Å². The van der Waals surface area contributed by atoms with Gasteiger partial charge in [-0.15, -0.1) is 11.3 Å². The van der Waals surface area contributed by atoms with Gasteiger partial charge < -0.3 is 9.84 Å². The third-order valence-corrected chi connectivity index (χ3v) is 4.53. The Morgan fingerprint density at radius 3 is 2.83 bits per heavy atom. The van der Waals surface area contributed by atoms with Crippen molar-refractivity contribution in [2.75, 3.05) is 0 Å². The number of aryl methyl sites for hydroxylation is 1. The van der Waals surface area contributed by atoms with Crippen molar-refractivity contribution in [3.63, 3.8) is 0 Å². The highest BCUT2D eigenvalue weighted by Crippen LogP contribution is 2.34. The number of thiophene rings is 1. The molecule has 1 aromatic carbocycles. The van der Waals surface area contributed by atoms with Crippen LogP contribution in [0.5, 0.6) is 10.8 Å². The molecule has 1 N–H and O–H groups in total. The van der Waals surface area contributed by atoms with E-state index in [-0.39, 0.29) is 27.3 Å². The standard InChI is InChI=1S/C15H10ClF2NO3S/c1-7-4-9-10(2-3-11(20)13(9)16)19(7)14(21)8-5-12(23-6-8)22-15(17)18/h2-6,15,20H,1H3. The Balaban J connectivity index is 2.06. The van der Waals surface area contributed by atoms with Gasteiger partial charge in [-0.2, -0.15) is 8.78 Å². The van der Waals surface area contributed by atoms with Gasteiger partial charge in [0.15, 0.2) is 5.06 Å². The average Bonchev–Trinajstić information content (AvgIpc) is 3.06. The zero-order chi connectivity index (χ0) is 16.7. The van der Waals surface area contributed by atoms with Crippen molar-refractivity contribution in [1.82, 2.24) is 4.57 Å². The van der Waals surface area contributed by atoms with Gasteiger partial charge in [0.2, 0.25) is 0 Å². The van der Waals surface area contributed by atoms with Crippen LogP contribution in [0.15, 0.2) is 29.6 Å². The quantitative estimate of drug-likeness (QED) is 0.741. The lowest BCUT2D eigenvalue weighted by Crippen LogP contribution is -2.12. The lowest BCUT2D eigenvalue weighted by molar-refractivity contribution is -0.0472. The van der Waals surface area contributed by atoms with E-state index in [1.54, 1.807) is 19.1 Å². The van der Waals surface area contributed by atoms with Crippen LogP contribution in [0.3, 0.4) is 0 Å². The minimum Gasteiger partial charge on any atom is -0.506 e. The Labute approximate surface area is 138 Å². The fourth-order valence-corrected chi connectivity index (χ4v) is 3.29. The molecular formula is C15H10ClF2NO3S. The average molecular weight is 358 g/mol. The highest BCUT2D eigenvalue weighted by Gasteiger charge is 2.19. The molecule has 0 unspecified atom stereocenters. The van der Waals surface area contributed by atoms with Gasteiger partial charge in [-0.1, -0.05) is 11.6 Å². The first kappa shape index (κ1) is 15.8. The molecule has 0 aliphatic carbocycles. The van der Waals surface area contributed by atoms with Crippen LogP contribution < -0.4 is 4.74 Å². The zero-order valence-corrected chi connectivity index (χ0v) is 13.3. The summed E-state index contributed by atoms with van der Waals surface area (Å²) in [6, 6.07) is 5.92. The van der Waals surface area contributed by atoms with Gasteiger partial charge in [0.25, 0.3) is 5.91 Å². The predicted octanol–water partition coefficient (Wildman–Crippen LogP) is 4.66. The topological polar surface area (TPSA) is 51.5 Å². The molecule has 0 saturated heterocycles. The summed E-state index contributed by atoms with van der Waals surface area (Å²) in [6.45, 7) is -1.22. The summed E-state index contributed by atoms with van der Waals surface area (Å²) in [4.78, 5) is 12.7. The highest BCUT2D eigenvalue weighted by atomic mass is 35.5. The maximum atomic E-state index is 12.7. The Hall–Kier alpha value is -2.12. The van der Waals surface area contributed by atoms with Gasteiger partial charge in [0.1, 0.15) is 5.75 Å². The molecule has 4 nitrogen and oxygen atoms in total. The minimum absolute atomic E-state index is 0.0341. The van der Waals surface area contributed by atoms with Crippen molar-refractivity contribution in [3.8, 4) is 10.8 Å². The number of aromatic nitrogens is 1. The van der Waals surface area contributed by atoms with Crippen molar-refractivity contribution in [2.45, 2.75) is 13.5 Å². The SMILES string of the molecule is Cc1cc2c(Cl)c(O)ccc2n1C(=O)c1csc(OC(F)F)c1. The van der Waals surface area contributed by atoms with Crippen LogP contribution in [0.25, 0.3) is 10.9 Å². The molecule has 0 spiro atoms. The number of ether oxygens (including phenoxy) is 1. The highest BCUT2D eigenvalue weighted by molar-refractivity contribution is 7.12. The van der Waals surface area contributed by atoms with E-state index in [0.29, 0.717) is 16.6 Å². The Kier molecular flexibility index (Phi) is 3.99. The van der Waals surface area contributed by atoms with Crippen molar-refractivity contribution < 1.29 is 23.4 Å². The van der Waals surface area contributed by atoms with Gasteiger partial charge in [-0.3, -0.25) is 9.36 Å². The van der Waals surface area contributed by atoms with Crippen LogP contribution in [0.1, 0.15) is 16.1 Å². The maximum Gasteiger partial charge on any atom is 0.388 e. The maximum absolute atomic E-state index is 12.7. The summed E-state index contributed by atoms with van der Waals surface area (Å²) in [5, 5.41) is 11.8. The molecule has 8 heteroatoms. The Bertz CT molecular complexity index is 904. The second-order valence-corrected chi connectivity index (χ2v) is 6.04. The number of benzene rings is 1. The normalized spacial score (nSPS) is 11.3. The number of nitrogens with zero attached hydrogens (tertiary/aromatic N) is 1. The van der Waals surface area contributed by atoms with Crippen molar-refractivity contribution in [1.29, 1.82) is 0 Å². The van der Waals surface area contributed by atoms with E-state index in [9.17, 15) is 18.7 Å². The number of halogens is 3. The van der Waals surface area contributed by atoms with Crippen molar-refractivity contribution in [3.05, 3.63) is 45.9 Å². The number of phenolic OH excluding ortho intramolecular Hbond substituents is 1. The molecule has 0 aliphatic heterocycles. The van der Waals surface area contributed by atoms with E-state index in [1.165, 1.54) is 22.1 Å². The van der Waals surface area contributed by atoms with E-state index in [2.05, 4.69) is 4.74 Å². The van der Waals surface area contributed by atoms with Crippen molar-refractivity contribution >= 4 is 39.7 Å². The predicted molar refractivity (Wildman–Crippen MR) is 84.0 cm³/mol. The molecular weight excluding hydrogens is 348 g/mol. The van der Waals surface area contributed by atoms with Gasteiger partial charge in [0, 0.05) is 22.5 Å². The fraction of sp³-hybridized carbons (Fsp3) is 0.133. The van der Waals surface area contributed by atoms with E-state index in [0.717, 1.165) is 11.3 Å². The molecule has 3 rings (SSSR count). The molecule has 0 bridgehead atoms. The summed E-state index contributed by atoms with van der Waals surface area (Å²) in [5.41, 5.74) is 1.37. The third kappa shape index (κ3) is 2.77. The first-order valence-electron chi connectivity index (χ1n) is 6.46. The van der Waals surface area contributed by atoms with Crippen LogP contribution in [0.2, 0.25) is 5.02 Å². The number of rotatable bonds is 3. The molecule has 2 aromatic heterocycles. The zero-order valence-electron chi connectivity index (χ0n) is 11.7. The van der Waals surface area contributed by atoms with Crippen LogP contribution in [-0.2, 0) is 0 Å². The minimum atomic E-state index is -2.94. The molecule has 2 heterocycles. The lowest BCUT2D eigenvalue weighted by atomic mass is 10.2. The first-order valence-corrected chi connectivity index (χ1v) is 7.72. The van der Waals surface area contributed by atoms with Gasteiger partial charge in [-0.05, 0) is 25.1 Å². The third-order valence-electron chi connectivity index (χ3n) is 3.31. The van der Waals surface area contributed by atoms with Crippen LogP contribution in [0.4, 0.5) is 8.78 Å². The van der Waals surface area contributed by atoms with Gasteiger partial charge in [-0.25, -0.2) is 0 Å². The summed E-state index contributed by atoms with van der Waals surface area (Å²) in [5.74, 6) is -0.466. The second-order valence-electron chi connectivity index (χ2n) is 4.79. The van der Waals surface area contributed by atoms with E-state index >= 15 is 0 Å².